The molecule has 0 spiro atoms. The van der Waals surface area contributed by atoms with Crippen LogP contribution in [-0.2, 0) is 19.6 Å². The lowest BCUT2D eigenvalue weighted by molar-refractivity contribution is -0.149. The van der Waals surface area contributed by atoms with Gasteiger partial charge in [-0.05, 0) is 50.8 Å². The summed E-state index contributed by atoms with van der Waals surface area (Å²) in [6, 6.07) is 4.42. The molecule has 2 aliphatic heterocycles. The highest BCUT2D eigenvalue weighted by Gasteiger charge is 2.32. The van der Waals surface area contributed by atoms with Crippen LogP contribution in [0.4, 0.5) is 0 Å². The summed E-state index contributed by atoms with van der Waals surface area (Å²) in [6.45, 7) is 3.93. The fourth-order valence-electron chi connectivity index (χ4n) is 3.84. The van der Waals surface area contributed by atoms with E-state index < -0.39 is 10.0 Å². The van der Waals surface area contributed by atoms with E-state index in [1.165, 1.54) is 29.6 Å². The Balaban J connectivity index is 1.79. The third-order valence-electron chi connectivity index (χ3n) is 5.51. The van der Waals surface area contributed by atoms with Crippen molar-refractivity contribution in [2.45, 2.75) is 37.5 Å². The summed E-state index contributed by atoms with van der Waals surface area (Å²) in [5, 5.41) is 0. The SMILES string of the molecule is CCOC(=O)C1CCN(C(=O)c2cc(S(=O)(=O)N3CCCC3)ccc2OC)CC1. The van der Waals surface area contributed by atoms with E-state index in [0.29, 0.717) is 51.4 Å². The maximum absolute atomic E-state index is 13.1. The third-order valence-corrected chi connectivity index (χ3v) is 7.40. The molecule has 1 aromatic rings. The largest absolute Gasteiger partial charge is 0.496 e. The number of hydrogen-bond donors (Lipinski definition) is 0. The second kappa shape index (κ2) is 9.13. The van der Waals surface area contributed by atoms with Gasteiger partial charge in [-0.2, -0.15) is 4.31 Å². The molecule has 0 unspecified atom stereocenters. The van der Waals surface area contributed by atoms with Crippen molar-refractivity contribution in [3.63, 3.8) is 0 Å². The smallest absolute Gasteiger partial charge is 0.309 e. The fraction of sp³-hybridized carbons (Fsp3) is 0.600. The molecule has 0 atom stereocenters. The molecule has 160 valence electrons. The summed E-state index contributed by atoms with van der Waals surface area (Å²) in [6.07, 6.45) is 2.74. The maximum Gasteiger partial charge on any atom is 0.309 e. The van der Waals surface area contributed by atoms with Crippen LogP contribution in [0.2, 0.25) is 0 Å². The molecule has 29 heavy (non-hydrogen) atoms. The van der Waals surface area contributed by atoms with E-state index in [9.17, 15) is 18.0 Å². The van der Waals surface area contributed by atoms with Crippen LogP contribution in [0.5, 0.6) is 5.75 Å². The average Bonchev–Trinajstić information content (AvgIpc) is 3.29. The van der Waals surface area contributed by atoms with Crippen molar-refractivity contribution in [2.24, 2.45) is 5.92 Å². The van der Waals surface area contributed by atoms with Gasteiger partial charge in [0.25, 0.3) is 5.91 Å². The van der Waals surface area contributed by atoms with Crippen LogP contribution in [0.1, 0.15) is 43.0 Å². The van der Waals surface area contributed by atoms with Crippen molar-refractivity contribution >= 4 is 21.9 Å². The molecule has 2 saturated heterocycles. The van der Waals surface area contributed by atoms with Crippen LogP contribution in [0, 0.1) is 5.92 Å². The van der Waals surface area contributed by atoms with Gasteiger partial charge in [0, 0.05) is 26.2 Å². The Bertz CT molecular complexity index is 856. The lowest BCUT2D eigenvalue weighted by atomic mass is 9.96. The summed E-state index contributed by atoms with van der Waals surface area (Å²) >= 11 is 0. The molecule has 9 heteroatoms. The summed E-state index contributed by atoms with van der Waals surface area (Å²) in [5.74, 6) is -0.385. The van der Waals surface area contributed by atoms with E-state index in [2.05, 4.69) is 0 Å². The highest BCUT2D eigenvalue weighted by molar-refractivity contribution is 7.89. The van der Waals surface area contributed by atoms with Crippen LogP contribution in [0.15, 0.2) is 23.1 Å². The van der Waals surface area contributed by atoms with Gasteiger partial charge < -0.3 is 14.4 Å². The van der Waals surface area contributed by atoms with E-state index in [1.807, 2.05) is 0 Å². The normalized spacial score (nSPS) is 18.6. The van der Waals surface area contributed by atoms with Gasteiger partial charge in [0.05, 0.1) is 30.1 Å². The summed E-state index contributed by atoms with van der Waals surface area (Å²) in [5.41, 5.74) is 0.224. The number of carbonyl (C=O) groups is 2. The molecule has 0 aromatic heterocycles. The number of carbonyl (C=O) groups excluding carboxylic acids is 2. The summed E-state index contributed by atoms with van der Waals surface area (Å²) in [4.78, 5) is 26.8. The molecule has 1 amide bonds. The van der Waals surface area contributed by atoms with Gasteiger partial charge in [0.2, 0.25) is 10.0 Å². The number of esters is 1. The van der Waals surface area contributed by atoms with Crippen LogP contribution in [0.3, 0.4) is 0 Å². The quantitative estimate of drug-likeness (QED) is 0.648. The number of rotatable bonds is 6. The molecule has 3 rings (SSSR count). The Labute approximate surface area is 171 Å². The number of ether oxygens (including phenoxy) is 2. The molecular weight excluding hydrogens is 396 g/mol. The number of likely N-dealkylation sites (tertiary alicyclic amines) is 1. The third kappa shape index (κ3) is 4.56. The Morgan fingerprint density at radius 2 is 1.76 bits per heavy atom. The number of amides is 1. The second-order valence-corrected chi connectivity index (χ2v) is 9.23. The van der Waals surface area contributed by atoms with E-state index in [0.717, 1.165) is 12.8 Å². The minimum absolute atomic E-state index is 0.102. The Hall–Kier alpha value is -2.13. The van der Waals surface area contributed by atoms with Gasteiger partial charge in [-0.3, -0.25) is 9.59 Å². The number of hydrogen-bond acceptors (Lipinski definition) is 6. The molecule has 0 aliphatic carbocycles. The molecule has 8 nitrogen and oxygen atoms in total. The van der Waals surface area contributed by atoms with Crippen LogP contribution in [-0.4, -0.2) is 69.4 Å². The Morgan fingerprint density at radius 1 is 1.10 bits per heavy atom. The zero-order valence-electron chi connectivity index (χ0n) is 16.9. The molecule has 2 aliphatic rings. The highest BCUT2D eigenvalue weighted by Crippen LogP contribution is 2.29. The average molecular weight is 425 g/mol. The van der Waals surface area contributed by atoms with Crippen LogP contribution >= 0.6 is 0 Å². The predicted molar refractivity (Wildman–Crippen MR) is 106 cm³/mol. The molecule has 0 radical (unpaired) electrons. The van der Waals surface area contributed by atoms with Crippen molar-refractivity contribution in [3.05, 3.63) is 23.8 Å². The van der Waals surface area contributed by atoms with Crippen molar-refractivity contribution in [1.29, 1.82) is 0 Å². The fourth-order valence-corrected chi connectivity index (χ4v) is 5.38. The molecule has 1 aromatic carbocycles. The molecule has 2 fully saturated rings. The van der Waals surface area contributed by atoms with E-state index >= 15 is 0 Å². The lowest BCUT2D eigenvalue weighted by Gasteiger charge is -2.31. The van der Waals surface area contributed by atoms with Gasteiger partial charge in [0.1, 0.15) is 5.75 Å². The molecule has 0 N–H and O–H groups in total. The first-order valence-electron chi connectivity index (χ1n) is 10.0. The molecular formula is C20H28N2O6S. The standard InChI is InChI=1S/C20H28N2O6S/c1-3-28-20(24)15-8-12-21(13-9-15)19(23)17-14-16(6-7-18(17)27-2)29(25,26)22-10-4-5-11-22/h6-7,14-15H,3-5,8-13H2,1-2H3. The van der Waals surface area contributed by atoms with Crippen molar-refractivity contribution in [2.75, 3.05) is 39.9 Å². The molecule has 0 bridgehead atoms. The maximum atomic E-state index is 13.1. The zero-order chi connectivity index (χ0) is 21.0. The molecule has 2 heterocycles. The van der Waals surface area contributed by atoms with Crippen molar-refractivity contribution < 1.29 is 27.5 Å². The van der Waals surface area contributed by atoms with E-state index in [-0.39, 0.29) is 28.3 Å². The van der Waals surface area contributed by atoms with Gasteiger partial charge in [-0.25, -0.2) is 8.42 Å². The van der Waals surface area contributed by atoms with E-state index in [4.69, 9.17) is 9.47 Å². The number of methoxy groups -OCH3 is 1. The van der Waals surface area contributed by atoms with Crippen molar-refractivity contribution in [1.82, 2.24) is 9.21 Å². The minimum Gasteiger partial charge on any atom is -0.496 e. The first-order valence-corrected chi connectivity index (χ1v) is 11.5. The minimum atomic E-state index is -3.63. The topological polar surface area (TPSA) is 93.2 Å². The lowest BCUT2D eigenvalue weighted by Crippen LogP contribution is -2.40. The van der Waals surface area contributed by atoms with Crippen molar-refractivity contribution in [3.8, 4) is 5.75 Å². The van der Waals surface area contributed by atoms with E-state index in [1.54, 1.807) is 11.8 Å². The Kier molecular flexibility index (Phi) is 6.79. The number of sulfonamides is 1. The first kappa shape index (κ1) is 21.6. The van der Waals surface area contributed by atoms with Crippen LogP contribution < -0.4 is 4.74 Å². The Morgan fingerprint density at radius 3 is 2.34 bits per heavy atom. The van der Waals surface area contributed by atoms with Gasteiger partial charge in [-0.1, -0.05) is 0 Å². The number of benzene rings is 1. The summed E-state index contributed by atoms with van der Waals surface area (Å²) in [7, 11) is -2.18. The van der Waals surface area contributed by atoms with Gasteiger partial charge >= 0.3 is 5.97 Å². The van der Waals surface area contributed by atoms with Crippen LogP contribution in [0.25, 0.3) is 0 Å². The summed E-state index contributed by atoms with van der Waals surface area (Å²) < 4.78 is 37.6. The zero-order valence-corrected chi connectivity index (χ0v) is 17.7. The monoisotopic (exact) mass is 424 g/mol. The second-order valence-electron chi connectivity index (χ2n) is 7.29. The van der Waals surface area contributed by atoms with Gasteiger partial charge in [0.15, 0.2) is 0 Å². The number of piperidine rings is 1. The first-order chi connectivity index (χ1) is 13.9. The molecule has 0 saturated carbocycles. The highest BCUT2D eigenvalue weighted by atomic mass is 32.2. The van der Waals surface area contributed by atoms with Gasteiger partial charge in [-0.15, -0.1) is 0 Å². The predicted octanol–water partition coefficient (Wildman–Crippen LogP) is 1.89. The number of nitrogens with zero attached hydrogens (tertiary/aromatic N) is 2.